The van der Waals surface area contributed by atoms with Crippen LogP contribution in [-0.2, 0) is 5.60 Å². The molecule has 1 aromatic carbocycles. The van der Waals surface area contributed by atoms with Crippen molar-refractivity contribution in [2.24, 2.45) is 0 Å². The molecule has 90 valence electrons. The summed E-state index contributed by atoms with van der Waals surface area (Å²) in [6.45, 7) is 1.41. The number of hydrogen-bond donors (Lipinski definition) is 1. The Balaban J connectivity index is 2.55. The molecule has 0 aliphatic carbocycles. The van der Waals surface area contributed by atoms with E-state index in [1.165, 1.54) is 13.2 Å². The van der Waals surface area contributed by atoms with Gasteiger partial charge in [0.2, 0.25) is 0 Å². The quantitative estimate of drug-likeness (QED) is 0.920. The summed E-state index contributed by atoms with van der Waals surface area (Å²) in [5, 5.41) is 10.3. The maximum atomic E-state index is 13.1. The molecule has 2 aromatic rings. The molecule has 0 aliphatic heterocycles. The lowest BCUT2D eigenvalue weighted by molar-refractivity contribution is 0.0751. The van der Waals surface area contributed by atoms with Crippen molar-refractivity contribution < 1.29 is 18.3 Å². The molecule has 1 unspecified atom stereocenters. The van der Waals surface area contributed by atoms with Crippen molar-refractivity contribution in [2.75, 3.05) is 0 Å². The third-order valence-electron chi connectivity index (χ3n) is 2.48. The Hall–Kier alpha value is -1.20. The van der Waals surface area contributed by atoms with Crippen molar-refractivity contribution >= 4 is 15.9 Å². The molecule has 0 bridgehead atoms. The molecule has 0 radical (unpaired) electrons. The van der Waals surface area contributed by atoms with Crippen LogP contribution in [0.15, 0.2) is 39.4 Å². The fourth-order valence-corrected chi connectivity index (χ4v) is 2.19. The van der Waals surface area contributed by atoms with E-state index in [4.69, 9.17) is 4.42 Å². The summed E-state index contributed by atoms with van der Waals surface area (Å²) in [4.78, 5) is 0. The lowest BCUT2D eigenvalue weighted by atomic mass is 9.93. The zero-order chi connectivity index (χ0) is 12.6. The molecule has 1 heterocycles. The largest absolute Gasteiger partial charge is 0.465 e. The van der Waals surface area contributed by atoms with Gasteiger partial charge < -0.3 is 9.52 Å². The van der Waals surface area contributed by atoms with Crippen LogP contribution in [0.4, 0.5) is 8.78 Å². The first-order chi connectivity index (χ1) is 7.91. The van der Waals surface area contributed by atoms with Crippen LogP contribution in [0.2, 0.25) is 0 Å². The second-order valence-corrected chi connectivity index (χ2v) is 4.68. The highest BCUT2D eigenvalue weighted by Gasteiger charge is 2.32. The average Bonchev–Trinajstić information content (AvgIpc) is 2.63. The van der Waals surface area contributed by atoms with Gasteiger partial charge in [-0.3, -0.25) is 0 Å². The number of benzene rings is 1. The minimum absolute atomic E-state index is 0.0886. The summed E-state index contributed by atoms with van der Waals surface area (Å²) >= 11 is 3.20. The van der Waals surface area contributed by atoms with Crippen LogP contribution in [0.1, 0.15) is 18.2 Å². The predicted molar refractivity (Wildman–Crippen MR) is 61.4 cm³/mol. The molecular weight excluding hydrogens is 294 g/mol. The van der Waals surface area contributed by atoms with Gasteiger partial charge in [-0.15, -0.1) is 0 Å². The Morgan fingerprint density at radius 2 is 1.82 bits per heavy atom. The van der Waals surface area contributed by atoms with Gasteiger partial charge in [-0.1, -0.05) is 0 Å². The van der Waals surface area contributed by atoms with Crippen molar-refractivity contribution in [1.82, 2.24) is 0 Å². The van der Waals surface area contributed by atoms with E-state index in [0.717, 1.165) is 18.2 Å². The van der Waals surface area contributed by atoms with Gasteiger partial charge >= 0.3 is 0 Å². The molecule has 2 nitrogen and oxygen atoms in total. The van der Waals surface area contributed by atoms with Gasteiger partial charge in [0.1, 0.15) is 17.2 Å². The number of halogens is 3. The van der Waals surface area contributed by atoms with E-state index in [1.807, 2.05) is 0 Å². The molecule has 0 fully saturated rings. The smallest absolute Gasteiger partial charge is 0.153 e. The second-order valence-electron chi connectivity index (χ2n) is 3.83. The Kier molecular flexibility index (Phi) is 3.05. The van der Waals surface area contributed by atoms with Gasteiger partial charge in [0, 0.05) is 6.07 Å². The second kappa shape index (κ2) is 4.23. The molecule has 0 saturated heterocycles. The van der Waals surface area contributed by atoms with Crippen LogP contribution in [-0.4, -0.2) is 5.11 Å². The summed E-state index contributed by atoms with van der Waals surface area (Å²) in [5.41, 5.74) is -1.52. The maximum absolute atomic E-state index is 13.1. The van der Waals surface area contributed by atoms with Crippen molar-refractivity contribution in [3.8, 4) is 0 Å². The maximum Gasteiger partial charge on any atom is 0.153 e. The Morgan fingerprint density at radius 3 is 2.29 bits per heavy atom. The Bertz CT molecular complexity index is 529. The topological polar surface area (TPSA) is 33.4 Å². The number of furan rings is 1. The molecule has 5 heteroatoms. The van der Waals surface area contributed by atoms with Gasteiger partial charge in [0.05, 0.1) is 10.7 Å². The minimum Gasteiger partial charge on any atom is -0.465 e. The van der Waals surface area contributed by atoms with Gasteiger partial charge in [-0.05, 0) is 46.6 Å². The zero-order valence-corrected chi connectivity index (χ0v) is 10.5. The van der Waals surface area contributed by atoms with Gasteiger partial charge in [-0.25, -0.2) is 8.78 Å². The van der Waals surface area contributed by atoms with E-state index in [-0.39, 0.29) is 11.3 Å². The molecule has 2 rings (SSSR count). The summed E-state index contributed by atoms with van der Waals surface area (Å²) in [7, 11) is 0. The molecule has 0 aliphatic rings. The highest BCUT2D eigenvalue weighted by atomic mass is 79.9. The van der Waals surface area contributed by atoms with E-state index >= 15 is 0 Å². The van der Waals surface area contributed by atoms with Gasteiger partial charge in [0.25, 0.3) is 0 Å². The van der Waals surface area contributed by atoms with E-state index in [2.05, 4.69) is 15.9 Å². The highest BCUT2D eigenvalue weighted by molar-refractivity contribution is 9.10. The van der Waals surface area contributed by atoms with Crippen LogP contribution in [0.3, 0.4) is 0 Å². The van der Waals surface area contributed by atoms with Crippen LogP contribution in [0.25, 0.3) is 0 Å². The molecule has 0 spiro atoms. The first-order valence-electron chi connectivity index (χ1n) is 4.83. The average molecular weight is 303 g/mol. The first-order valence-corrected chi connectivity index (χ1v) is 5.63. The lowest BCUT2D eigenvalue weighted by Crippen LogP contribution is -2.23. The standard InChI is InChI=1S/C12H9BrF2O2/c1-12(16,11-10(13)2-3-17-11)7-4-8(14)6-9(15)5-7/h2-6,16H,1H3. The third-order valence-corrected chi connectivity index (χ3v) is 3.11. The van der Waals surface area contributed by atoms with E-state index in [1.54, 1.807) is 6.07 Å². The normalized spacial score (nSPS) is 14.6. The lowest BCUT2D eigenvalue weighted by Gasteiger charge is -2.22. The monoisotopic (exact) mass is 302 g/mol. The summed E-state index contributed by atoms with van der Waals surface area (Å²) in [6.07, 6.45) is 1.38. The van der Waals surface area contributed by atoms with Gasteiger partial charge in [0.15, 0.2) is 5.76 Å². The van der Waals surface area contributed by atoms with Crippen LogP contribution in [0.5, 0.6) is 0 Å². The SMILES string of the molecule is CC(O)(c1cc(F)cc(F)c1)c1occc1Br. The number of aliphatic hydroxyl groups is 1. The third kappa shape index (κ3) is 2.25. The van der Waals surface area contributed by atoms with Crippen molar-refractivity contribution in [3.05, 3.63) is 58.0 Å². The van der Waals surface area contributed by atoms with E-state index in [0.29, 0.717) is 4.47 Å². The first kappa shape index (κ1) is 12.3. The zero-order valence-electron chi connectivity index (χ0n) is 8.88. The predicted octanol–water partition coefficient (Wildman–Crippen LogP) is 3.58. The van der Waals surface area contributed by atoms with Crippen molar-refractivity contribution in [1.29, 1.82) is 0 Å². The minimum atomic E-state index is -1.61. The summed E-state index contributed by atoms with van der Waals surface area (Å²) < 4.78 is 31.9. The molecule has 0 saturated carbocycles. The summed E-state index contributed by atoms with van der Waals surface area (Å²) in [5.74, 6) is -1.30. The van der Waals surface area contributed by atoms with Crippen LogP contribution < -0.4 is 0 Å². The molecule has 1 N–H and O–H groups in total. The van der Waals surface area contributed by atoms with E-state index < -0.39 is 17.2 Å². The Morgan fingerprint density at radius 1 is 1.24 bits per heavy atom. The molecule has 0 amide bonds. The highest BCUT2D eigenvalue weighted by Crippen LogP contribution is 2.35. The fourth-order valence-electron chi connectivity index (χ4n) is 1.61. The fraction of sp³-hybridized carbons (Fsp3) is 0.167. The summed E-state index contributed by atoms with van der Waals surface area (Å²) in [6, 6.07) is 4.48. The van der Waals surface area contributed by atoms with Gasteiger partial charge in [-0.2, -0.15) is 0 Å². The molecule has 1 atom stereocenters. The van der Waals surface area contributed by atoms with Crippen LogP contribution in [0, 0.1) is 11.6 Å². The Labute approximate surface area is 105 Å². The van der Waals surface area contributed by atoms with Crippen LogP contribution >= 0.6 is 15.9 Å². The molecule has 17 heavy (non-hydrogen) atoms. The van der Waals surface area contributed by atoms with E-state index in [9.17, 15) is 13.9 Å². The molecule has 1 aromatic heterocycles. The number of rotatable bonds is 2. The molecular formula is C12H9BrF2O2. The van der Waals surface area contributed by atoms with Crippen molar-refractivity contribution in [2.45, 2.75) is 12.5 Å². The van der Waals surface area contributed by atoms with Crippen molar-refractivity contribution in [3.63, 3.8) is 0 Å². The number of hydrogen-bond acceptors (Lipinski definition) is 2.